The predicted molar refractivity (Wildman–Crippen MR) is 231 cm³/mol. The summed E-state index contributed by atoms with van der Waals surface area (Å²) in [7, 11) is -2.71. The Morgan fingerprint density at radius 1 is 0.797 bits per heavy atom. The van der Waals surface area contributed by atoms with Crippen LogP contribution in [-0.4, -0.2) is 82.4 Å². The minimum absolute atomic E-state index is 0.0160. The monoisotopic (exact) mass is 837 g/mol. The van der Waals surface area contributed by atoms with Gasteiger partial charge >= 0.3 is 24.1 Å². The third-order valence-electron chi connectivity index (χ3n) is 10.5. The lowest BCUT2D eigenvalue weighted by atomic mass is 9.98. The van der Waals surface area contributed by atoms with Crippen molar-refractivity contribution in [3.8, 4) is 0 Å². The summed E-state index contributed by atoms with van der Waals surface area (Å²) in [4.78, 5) is 57.7. The van der Waals surface area contributed by atoms with Crippen LogP contribution in [0.3, 0.4) is 0 Å². The van der Waals surface area contributed by atoms with Gasteiger partial charge in [-0.15, -0.1) is 0 Å². The van der Waals surface area contributed by atoms with Gasteiger partial charge in [0.15, 0.2) is 6.10 Å². The van der Waals surface area contributed by atoms with E-state index in [1.807, 2.05) is 60.7 Å². The molecule has 1 aliphatic rings. The third kappa shape index (κ3) is 16.5. The summed E-state index contributed by atoms with van der Waals surface area (Å²) < 4.78 is 29.3. The number of aliphatic imine (C=N–C) groups is 1. The first-order valence-corrected chi connectivity index (χ1v) is 23.0. The van der Waals surface area contributed by atoms with Crippen molar-refractivity contribution in [3.05, 3.63) is 84.4 Å². The second kappa shape index (κ2) is 25.8. The molecule has 0 spiro atoms. The van der Waals surface area contributed by atoms with E-state index in [4.69, 9.17) is 29.1 Å². The zero-order valence-electron chi connectivity index (χ0n) is 35.8. The Morgan fingerprint density at radius 3 is 1.81 bits per heavy atom. The Hall–Kier alpha value is -4.57. The summed E-state index contributed by atoms with van der Waals surface area (Å²) in [6.07, 6.45) is 3.77. The molecule has 3 atom stereocenters. The molecule has 5 N–H and O–H groups in total. The molecule has 3 rings (SSSR count). The van der Waals surface area contributed by atoms with Crippen molar-refractivity contribution in [2.75, 3.05) is 19.7 Å². The average Bonchev–Trinajstić information content (AvgIpc) is 3.21. The number of rotatable bonds is 22. The Balaban J connectivity index is 1.73. The van der Waals surface area contributed by atoms with Crippen LogP contribution in [-0.2, 0) is 46.2 Å². The molecule has 1 aliphatic carbocycles. The predicted octanol–water partition coefficient (Wildman–Crippen LogP) is 7.43. The van der Waals surface area contributed by atoms with Crippen molar-refractivity contribution in [3.63, 3.8) is 0 Å². The number of amides is 2. The molecule has 1 saturated carbocycles. The van der Waals surface area contributed by atoms with Crippen molar-refractivity contribution in [1.82, 2.24) is 16.0 Å². The topological polar surface area (TPSA) is 189 Å². The molecule has 59 heavy (non-hydrogen) atoms. The molecule has 0 radical (unpaired) electrons. The van der Waals surface area contributed by atoms with Gasteiger partial charge in [0, 0.05) is 19.1 Å². The molecule has 1 fully saturated rings. The van der Waals surface area contributed by atoms with E-state index in [0.29, 0.717) is 12.8 Å². The average molecular weight is 838 g/mol. The van der Waals surface area contributed by atoms with Gasteiger partial charge in [0.25, 0.3) is 0 Å². The highest BCUT2D eigenvalue weighted by atomic mass is 28.4. The van der Waals surface area contributed by atoms with E-state index in [-0.39, 0.29) is 61.6 Å². The SMILES string of the molecule is C=CCOC(=O)[C@@H](NC[C@@H](N)CCCN=C(NC(=O)OCc1ccccc1)NC(=O)OCc1ccccc1)[C@H](O[Si](C(C)C)(C(C)C)C(C)C)C(=O)OC1CCCCC1. The number of guanidine groups is 1. The molecule has 0 aromatic heterocycles. The van der Waals surface area contributed by atoms with E-state index >= 15 is 0 Å². The number of ether oxygens (including phenoxy) is 4. The highest BCUT2D eigenvalue weighted by molar-refractivity contribution is 6.77. The lowest BCUT2D eigenvalue weighted by Gasteiger charge is -2.45. The molecule has 326 valence electrons. The quantitative estimate of drug-likeness (QED) is 0.0176. The molecular weight excluding hydrogens is 771 g/mol. The van der Waals surface area contributed by atoms with Crippen molar-refractivity contribution in [2.45, 2.75) is 141 Å². The first kappa shape index (κ1) is 48.8. The van der Waals surface area contributed by atoms with Crippen LogP contribution in [0, 0.1) is 0 Å². The number of nitrogens with zero attached hydrogens (tertiary/aromatic N) is 1. The number of alkyl carbamates (subject to hydrolysis) is 2. The number of nitrogens with one attached hydrogen (secondary N) is 3. The van der Waals surface area contributed by atoms with Gasteiger partial charge in [-0.2, -0.15) is 0 Å². The Labute approximate surface area is 351 Å². The van der Waals surface area contributed by atoms with Crippen LogP contribution in [0.15, 0.2) is 78.3 Å². The number of carbonyl (C=O) groups is 4. The lowest BCUT2D eigenvalue weighted by Crippen LogP contribution is -2.60. The van der Waals surface area contributed by atoms with Crippen LogP contribution in [0.4, 0.5) is 9.59 Å². The fourth-order valence-corrected chi connectivity index (χ4v) is 13.1. The van der Waals surface area contributed by atoms with Crippen molar-refractivity contribution < 1.29 is 42.6 Å². The van der Waals surface area contributed by atoms with E-state index in [0.717, 1.165) is 43.2 Å². The maximum Gasteiger partial charge on any atom is 0.414 e. The molecule has 14 nitrogen and oxygen atoms in total. The molecule has 0 aliphatic heterocycles. The smallest absolute Gasteiger partial charge is 0.414 e. The second-order valence-electron chi connectivity index (χ2n) is 15.9. The largest absolute Gasteiger partial charge is 0.460 e. The number of esters is 2. The van der Waals surface area contributed by atoms with Crippen molar-refractivity contribution >= 4 is 38.4 Å². The standard InChI is InChI=1S/C44H67N5O9Si/c1-8-27-54-40(50)38(39(41(51)57-37-24-16-11-17-25-37)58-59(31(2)3,32(4)5)33(6)7)47-28-36(45)23-18-26-46-42(48-43(52)55-29-34-19-12-9-13-20-34)49-44(53)56-30-35-21-14-10-15-22-35/h8-10,12-15,19-22,31-33,36-39,47H,1,11,16-18,23-30,45H2,2-7H3,(H2,46,48,49,52,53)/t36-,38-,39-/m0/s1. The number of nitrogens with two attached hydrogens (primary N) is 1. The van der Waals surface area contributed by atoms with Crippen LogP contribution >= 0.6 is 0 Å². The van der Waals surface area contributed by atoms with Gasteiger partial charge in [-0.1, -0.05) is 121 Å². The van der Waals surface area contributed by atoms with Gasteiger partial charge < -0.3 is 34.4 Å². The Morgan fingerprint density at radius 2 is 1.32 bits per heavy atom. The fourth-order valence-electron chi connectivity index (χ4n) is 7.59. The van der Waals surface area contributed by atoms with E-state index in [2.05, 4.69) is 69.1 Å². The van der Waals surface area contributed by atoms with Gasteiger partial charge in [0.05, 0.1) is 0 Å². The highest BCUT2D eigenvalue weighted by Crippen LogP contribution is 2.43. The van der Waals surface area contributed by atoms with Gasteiger partial charge in [-0.25, -0.2) is 14.4 Å². The van der Waals surface area contributed by atoms with Gasteiger partial charge in [-0.3, -0.25) is 20.4 Å². The van der Waals surface area contributed by atoms with Gasteiger partial charge in [0.2, 0.25) is 14.3 Å². The summed E-state index contributed by atoms with van der Waals surface area (Å²) in [5.74, 6) is -1.39. The first-order chi connectivity index (χ1) is 28.3. The fraction of sp³-hybridized carbons (Fsp3) is 0.568. The molecule has 0 saturated heterocycles. The van der Waals surface area contributed by atoms with Crippen LogP contribution < -0.4 is 21.7 Å². The van der Waals surface area contributed by atoms with Gasteiger partial charge in [-0.05, 0) is 66.3 Å². The van der Waals surface area contributed by atoms with Crippen LogP contribution in [0.5, 0.6) is 0 Å². The van der Waals surface area contributed by atoms with E-state index in [1.54, 1.807) is 0 Å². The van der Waals surface area contributed by atoms with Crippen molar-refractivity contribution in [1.29, 1.82) is 0 Å². The summed E-state index contributed by atoms with van der Waals surface area (Å²) >= 11 is 0. The zero-order chi connectivity index (χ0) is 43.2. The molecule has 0 heterocycles. The maximum atomic E-state index is 14.2. The minimum Gasteiger partial charge on any atom is -0.460 e. The minimum atomic E-state index is -2.71. The highest BCUT2D eigenvalue weighted by Gasteiger charge is 2.51. The summed E-state index contributed by atoms with van der Waals surface area (Å²) in [6.45, 7) is 16.7. The Bertz CT molecular complexity index is 1540. The first-order valence-electron chi connectivity index (χ1n) is 20.9. The maximum absolute atomic E-state index is 14.2. The molecule has 2 amide bonds. The zero-order valence-corrected chi connectivity index (χ0v) is 36.8. The number of benzene rings is 2. The van der Waals surface area contributed by atoms with Gasteiger partial charge in [0.1, 0.15) is 32.0 Å². The number of hydrogen-bond acceptors (Lipinski definition) is 12. The van der Waals surface area contributed by atoms with Crippen LogP contribution in [0.1, 0.15) is 97.6 Å². The third-order valence-corrected chi connectivity index (χ3v) is 16.6. The molecular formula is C44H67N5O9Si. The molecule has 2 aromatic rings. The summed E-state index contributed by atoms with van der Waals surface area (Å²) in [5, 5.41) is 8.20. The van der Waals surface area contributed by atoms with Crippen molar-refractivity contribution in [2.24, 2.45) is 10.7 Å². The number of carbonyl (C=O) groups excluding carboxylic acids is 4. The summed E-state index contributed by atoms with van der Waals surface area (Å²) in [6, 6.07) is 16.6. The molecule has 15 heteroatoms. The summed E-state index contributed by atoms with van der Waals surface area (Å²) in [5.41, 5.74) is 8.55. The normalized spacial score (nSPS) is 14.8. The molecule has 2 aromatic carbocycles. The molecule has 0 bridgehead atoms. The number of hydrogen-bond donors (Lipinski definition) is 4. The van der Waals surface area contributed by atoms with E-state index in [9.17, 15) is 19.2 Å². The van der Waals surface area contributed by atoms with Crippen LogP contribution in [0.25, 0.3) is 0 Å². The Kier molecular flexibility index (Phi) is 21.3. The molecule has 0 unspecified atom stereocenters. The van der Waals surface area contributed by atoms with Crippen LogP contribution in [0.2, 0.25) is 16.6 Å². The lowest BCUT2D eigenvalue weighted by molar-refractivity contribution is -0.167. The van der Waals surface area contributed by atoms with E-state index < -0.39 is 50.6 Å². The van der Waals surface area contributed by atoms with E-state index in [1.165, 1.54) is 6.08 Å². The second-order valence-corrected chi connectivity index (χ2v) is 21.3.